The standard InChI is InChI=1S/C21H23NO3/c1-3-6-15-9-12-19(20(13-15)24-2)25-14-21(23)22-18-11-10-16-7-4-5-8-17(16)18/h3-5,7-9,12-13,18H,1,6,10-11,14H2,2H3,(H,22,23). The maximum atomic E-state index is 12.3. The fourth-order valence-corrected chi connectivity index (χ4v) is 3.21. The Bertz CT molecular complexity index is 769. The zero-order valence-corrected chi connectivity index (χ0v) is 14.5. The number of amides is 1. The van der Waals surface area contributed by atoms with Crippen molar-refractivity contribution < 1.29 is 14.3 Å². The zero-order valence-electron chi connectivity index (χ0n) is 14.5. The van der Waals surface area contributed by atoms with E-state index in [-0.39, 0.29) is 18.6 Å². The maximum absolute atomic E-state index is 12.3. The quantitative estimate of drug-likeness (QED) is 0.785. The molecule has 1 aliphatic carbocycles. The van der Waals surface area contributed by atoms with Crippen LogP contribution in [0.1, 0.15) is 29.2 Å². The normalized spacial score (nSPS) is 15.3. The average Bonchev–Trinajstić information content (AvgIpc) is 3.04. The predicted molar refractivity (Wildman–Crippen MR) is 98.0 cm³/mol. The Morgan fingerprint density at radius 1 is 1.28 bits per heavy atom. The van der Waals surface area contributed by atoms with Crippen molar-refractivity contribution in [3.05, 3.63) is 71.8 Å². The molecule has 0 bridgehead atoms. The van der Waals surface area contributed by atoms with Crippen LogP contribution in [0.25, 0.3) is 0 Å². The van der Waals surface area contributed by atoms with Crippen LogP contribution in [0.4, 0.5) is 0 Å². The molecule has 4 nitrogen and oxygen atoms in total. The molecule has 3 rings (SSSR count). The second-order valence-electron chi connectivity index (χ2n) is 6.12. The highest BCUT2D eigenvalue weighted by atomic mass is 16.5. The summed E-state index contributed by atoms with van der Waals surface area (Å²) in [5.74, 6) is 1.06. The molecular weight excluding hydrogens is 314 g/mol. The van der Waals surface area contributed by atoms with Crippen molar-refractivity contribution in [2.45, 2.75) is 25.3 Å². The van der Waals surface area contributed by atoms with Gasteiger partial charge in [0.25, 0.3) is 5.91 Å². The fourth-order valence-electron chi connectivity index (χ4n) is 3.21. The van der Waals surface area contributed by atoms with E-state index in [4.69, 9.17) is 9.47 Å². The summed E-state index contributed by atoms with van der Waals surface area (Å²) < 4.78 is 11.0. The molecule has 4 heteroatoms. The van der Waals surface area contributed by atoms with Gasteiger partial charge in [0.1, 0.15) is 0 Å². The second-order valence-corrected chi connectivity index (χ2v) is 6.12. The van der Waals surface area contributed by atoms with Gasteiger partial charge in [-0.05, 0) is 48.1 Å². The van der Waals surface area contributed by atoms with Crippen molar-refractivity contribution in [2.75, 3.05) is 13.7 Å². The van der Waals surface area contributed by atoms with Crippen molar-refractivity contribution in [1.29, 1.82) is 0 Å². The van der Waals surface area contributed by atoms with Gasteiger partial charge < -0.3 is 14.8 Å². The van der Waals surface area contributed by atoms with Crippen LogP contribution < -0.4 is 14.8 Å². The van der Waals surface area contributed by atoms with Gasteiger partial charge in [-0.3, -0.25) is 4.79 Å². The number of ether oxygens (including phenoxy) is 2. The van der Waals surface area contributed by atoms with Crippen molar-refractivity contribution in [3.8, 4) is 11.5 Å². The van der Waals surface area contributed by atoms with Crippen LogP contribution in [0, 0.1) is 0 Å². The zero-order chi connectivity index (χ0) is 17.6. The first-order valence-corrected chi connectivity index (χ1v) is 8.49. The molecule has 1 aliphatic rings. The van der Waals surface area contributed by atoms with Crippen LogP contribution in [0.15, 0.2) is 55.1 Å². The number of methoxy groups -OCH3 is 1. The van der Waals surface area contributed by atoms with Gasteiger partial charge in [0.2, 0.25) is 0 Å². The van der Waals surface area contributed by atoms with E-state index in [9.17, 15) is 4.79 Å². The monoisotopic (exact) mass is 337 g/mol. The van der Waals surface area contributed by atoms with Crippen LogP contribution in [-0.2, 0) is 17.6 Å². The van der Waals surface area contributed by atoms with Gasteiger partial charge >= 0.3 is 0 Å². The maximum Gasteiger partial charge on any atom is 0.258 e. The number of carbonyl (C=O) groups is 1. The summed E-state index contributed by atoms with van der Waals surface area (Å²) in [6, 6.07) is 14.0. The molecule has 1 unspecified atom stereocenters. The molecule has 2 aromatic carbocycles. The van der Waals surface area contributed by atoms with Gasteiger partial charge in [0.05, 0.1) is 13.2 Å². The van der Waals surface area contributed by atoms with E-state index in [1.54, 1.807) is 7.11 Å². The van der Waals surface area contributed by atoms with Crippen molar-refractivity contribution in [1.82, 2.24) is 5.32 Å². The van der Waals surface area contributed by atoms with E-state index in [1.807, 2.05) is 36.4 Å². The Morgan fingerprint density at radius 3 is 2.92 bits per heavy atom. The van der Waals surface area contributed by atoms with Gasteiger partial charge in [-0.2, -0.15) is 0 Å². The highest BCUT2D eigenvalue weighted by molar-refractivity contribution is 5.78. The lowest BCUT2D eigenvalue weighted by Crippen LogP contribution is -2.31. The molecule has 2 aromatic rings. The van der Waals surface area contributed by atoms with Gasteiger partial charge in [0.15, 0.2) is 18.1 Å². The number of benzene rings is 2. The number of rotatable bonds is 7. The Kier molecular flexibility index (Phi) is 5.39. The fraction of sp³-hybridized carbons (Fsp3) is 0.286. The highest BCUT2D eigenvalue weighted by Crippen LogP contribution is 2.31. The second kappa shape index (κ2) is 7.88. The number of carbonyl (C=O) groups excluding carboxylic acids is 1. The Hall–Kier alpha value is -2.75. The minimum Gasteiger partial charge on any atom is -0.493 e. The first-order valence-electron chi connectivity index (χ1n) is 8.49. The van der Waals surface area contributed by atoms with Crippen LogP contribution >= 0.6 is 0 Å². The van der Waals surface area contributed by atoms with Gasteiger partial charge in [-0.1, -0.05) is 36.4 Å². The molecule has 0 saturated heterocycles. The van der Waals surface area contributed by atoms with E-state index in [1.165, 1.54) is 11.1 Å². The number of fused-ring (bicyclic) bond motifs is 1. The SMILES string of the molecule is C=CCc1ccc(OCC(=O)NC2CCc3ccccc32)c(OC)c1. The third kappa shape index (κ3) is 4.02. The number of nitrogens with one attached hydrogen (secondary N) is 1. The minimum absolute atomic E-state index is 0.0319. The number of aryl methyl sites for hydroxylation is 1. The Labute approximate surface area is 148 Å². The molecule has 0 aromatic heterocycles. The summed E-state index contributed by atoms with van der Waals surface area (Å²) in [4.78, 5) is 12.3. The number of hydrogen-bond donors (Lipinski definition) is 1. The molecule has 0 heterocycles. The smallest absolute Gasteiger partial charge is 0.258 e. The van der Waals surface area contributed by atoms with Gasteiger partial charge in [-0.25, -0.2) is 0 Å². The van der Waals surface area contributed by atoms with E-state index in [0.29, 0.717) is 11.5 Å². The first kappa shape index (κ1) is 17.1. The molecule has 1 atom stereocenters. The third-order valence-electron chi connectivity index (χ3n) is 4.43. The van der Waals surface area contributed by atoms with E-state index in [0.717, 1.165) is 24.8 Å². The molecule has 25 heavy (non-hydrogen) atoms. The van der Waals surface area contributed by atoms with E-state index < -0.39 is 0 Å². The lowest BCUT2D eigenvalue weighted by atomic mass is 10.1. The van der Waals surface area contributed by atoms with Crippen molar-refractivity contribution >= 4 is 5.91 Å². The van der Waals surface area contributed by atoms with Gasteiger partial charge in [0, 0.05) is 0 Å². The van der Waals surface area contributed by atoms with Crippen LogP contribution in [0.5, 0.6) is 11.5 Å². The minimum atomic E-state index is -0.126. The van der Waals surface area contributed by atoms with Crippen LogP contribution in [-0.4, -0.2) is 19.6 Å². The van der Waals surface area contributed by atoms with Crippen molar-refractivity contribution in [3.63, 3.8) is 0 Å². The largest absolute Gasteiger partial charge is 0.493 e. The molecule has 1 amide bonds. The van der Waals surface area contributed by atoms with Crippen LogP contribution in [0.2, 0.25) is 0 Å². The van der Waals surface area contributed by atoms with E-state index >= 15 is 0 Å². The molecule has 0 spiro atoms. The average molecular weight is 337 g/mol. The molecule has 0 aliphatic heterocycles. The molecule has 130 valence electrons. The molecular formula is C21H23NO3. The molecule has 0 radical (unpaired) electrons. The lowest BCUT2D eigenvalue weighted by Gasteiger charge is -2.15. The summed E-state index contributed by atoms with van der Waals surface area (Å²) in [6.45, 7) is 3.70. The molecule has 0 saturated carbocycles. The molecule has 1 N–H and O–H groups in total. The summed E-state index contributed by atoms with van der Waals surface area (Å²) >= 11 is 0. The third-order valence-corrected chi connectivity index (χ3v) is 4.43. The van der Waals surface area contributed by atoms with Gasteiger partial charge in [-0.15, -0.1) is 6.58 Å². The summed E-state index contributed by atoms with van der Waals surface area (Å²) in [5, 5.41) is 3.06. The predicted octanol–water partition coefficient (Wildman–Crippen LogP) is 3.61. The number of allylic oxidation sites excluding steroid dienone is 1. The first-order chi connectivity index (χ1) is 12.2. The summed E-state index contributed by atoms with van der Waals surface area (Å²) in [7, 11) is 1.59. The van der Waals surface area contributed by atoms with Crippen LogP contribution in [0.3, 0.4) is 0 Å². The number of hydrogen-bond acceptors (Lipinski definition) is 3. The Balaban J connectivity index is 1.59. The summed E-state index contributed by atoms with van der Waals surface area (Å²) in [6.07, 6.45) is 4.53. The summed E-state index contributed by atoms with van der Waals surface area (Å²) in [5.41, 5.74) is 3.61. The molecule has 0 fully saturated rings. The van der Waals surface area contributed by atoms with E-state index in [2.05, 4.69) is 24.0 Å². The topological polar surface area (TPSA) is 47.6 Å². The lowest BCUT2D eigenvalue weighted by molar-refractivity contribution is -0.123. The van der Waals surface area contributed by atoms with Crippen molar-refractivity contribution in [2.24, 2.45) is 0 Å². The Morgan fingerprint density at radius 2 is 2.12 bits per heavy atom. The highest BCUT2D eigenvalue weighted by Gasteiger charge is 2.23.